The molecule has 2 heterocycles. The first-order valence-corrected chi connectivity index (χ1v) is 9.55. The number of carboxylic acid groups (broad SMARTS) is 1. The lowest BCUT2D eigenvalue weighted by molar-refractivity contribution is -0.144. The lowest BCUT2D eigenvalue weighted by Crippen LogP contribution is -2.37. The van der Waals surface area contributed by atoms with Crippen LogP contribution in [0, 0.1) is 0 Å². The Labute approximate surface area is 159 Å². The van der Waals surface area contributed by atoms with E-state index in [1.54, 1.807) is 42.1 Å². The third-order valence-electron chi connectivity index (χ3n) is 4.87. The third-order valence-corrected chi connectivity index (χ3v) is 6.37. The second-order valence-electron chi connectivity index (χ2n) is 6.41. The molecule has 0 aliphatic carbocycles. The summed E-state index contributed by atoms with van der Waals surface area (Å²) in [4.78, 5) is 26.1. The fourth-order valence-corrected chi connectivity index (χ4v) is 5.10. The van der Waals surface area contributed by atoms with E-state index in [0.717, 1.165) is 12.2 Å². The van der Waals surface area contributed by atoms with Gasteiger partial charge in [-0.05, 0) is 29.9 Å². The number of amides is 2. The molecule has 0 aromatic heterocycles. The molecule has 142 valence electrons. The first kappa shape index (κ1) is 19.0. The number of carbonyl (C=O) groups is 2. The van der Waals surface area contributed by atoms with Crippen LogP contribution in [0.5, 0.6) is 0 Å². The van der Waals surface area contributed by atoms with Crippen LogP contribution in [0.15, 0.2) is 45.9 Å². The number of carbonyl (C=O) groups excluding carboxylic acids is 1. The minimum Gasteiger partial charge on any atom is -0.479 e. The Balaban J connectivity index is 1.74. The molecule has 3 N–H and O–H groups in total. The summed E-state index contributed by atoms with van der Waals surface area (Å²) in [6, 6.07) is 8.61. The molecule has 2 saturated heterocycles. The van der Waals surface area contributed by atoms with Gasteiger partial charge in [-0.3, -0.25) is 0 Å². The van der Waals surface area contributed by atoms with Gasteiger partial charge in [-0.2, -0.15) is 16.7 Å². The molecule has 0 radical (unpaired) electrons. The average Bonchev–Trinajstić information content (AvgIpc) is 3.20. The predicted molar refractivity (Wildman–Crippen MR) is 99.1 cm³/mol. The SMILES string of the molecule is [N-]=[N+]=NN=NC(CCC[C@@H]1SC[C@@H]2NC(=O)N[C@@H]21)(C(=O)O)c1ccccc1. The van der Waals surface area contributed by atoms with Crippen molar-refractivity contribution in [3.63, 3.8) is 0 Å². The highest BCUT2D eigenvalue weighted by Crippen LogP contribution is 2.37. The Morgan fingerprint density at radius 3 is 2.85 bits per heavy atom. The lowest BCUT2D eigenvalue weighted by Gasteiger charge is -2.23. The number of nitrogens with zero attached hydrogens (tertiary/aromatic N) is 5. The topological polar surface area (TPSA) is 152 Å². The summed E-state index contributed by atoms with van der Waals surface area (Å²) >= 11 is 1.77. The highest BCUT2D eigenvalue weighted by Gasteiger charge is 2.45. The number of urea groups is 1. The van der Waals surface area contributed by atoms with Crippen LogP contribution in [0.1, 0.15) is 24.8 Å². The van der Waals surface area contributed by atoms with Crippen molar-refractivity contribution in [3.8, 4) is 0 Å². The van der Waals surface area contributed by atoms with Gasteiger partial charge in [0.05, 0.1) is 22.5 Å². The number of rotatable bonds is 8. The zero-order valence-electron chi connectivity index (χ0n) is 14.4. The maximum Gasteiger partial charge on any atom is 0.340 e. The normalized spacial score (nSPS) is 25.9. The fourth-order valence-electron chi connectivity index (χ4n) is 3.56. The quantitative estimate of drug-likeness (QED) is 0.206. The van der Waals surface area contributed by atoms with Gasteiger partial charge in [0, 0.05) is 11.0 Å². The molecule has 2 aliphatic rings. The van der Waals surface area contributed by atoms with Crippen molar-refractivity contribution < 1.29 is 14.7 Å². The van der Waals surface area contributed by atoms with Crippen LogP contribution in [0.3, 0.4) is 0 Å². The molecule has 0 spiro atoms. The lowest BCUT2D eigenvalue weighted by atomic mass is 9.85. The van der Waals surface area contributed by atoms with E-state index < -0.39 is 11.5 Å². The number of hydrogen-bond donors (Lipinski definition) is 3. The fraction of sp³-hybridized carbons (Fsp3) is 0.500. The predicted octanol–water partition coefficient (Wildman–Crippen LogP) is 2.98. The van der Waals surface area contributed by atoms with Gasteiger partial charge in [-0.15, -0.1) is 5.53 Å². The van der Waals surface area contributed by atoms with E-state index in [-0.39, 0.29) is 29.8 Å². The van der Waals surface area contributed by atoms with Crippen molar-refractivity contribution in [1.29, 1.82) is 0 Å². The van der Waals surface area contributed by atoms with Crippen molar-refractivity contribution >= 4 is 23.8 Å². The van der Waals surface area contributed by atoms with Gasteiger partial charge in [-0.25, -0.2) is 9.59 Å². The molecular formula is C16H19N7O3S. The van der Waals surface area contributed by atoms with Crippen LogP contribution in [0.4, 0.5) is 4.79 Å². The summed E-state index contributed by atoms with van der Waals surface area (Å²) in [7, 11) is 0. The second kappa shape index (κ2) is 8.28. The van der Waals surface area contributed by atoms with E-state index in [1.165, 1.54) is 0 Å². The van der Waals surface area contributed by atoms with Gasteiger partial charge >= 0.3 is 12.0 Å². The molecule has 1 aromatic rings. The molecule has 0 bridgehead atoms. The molecule has 2 amide bonds. The van der Waals surface area contributed by atoms with Crippen molar-refractivity contribution in [2.24, 2.45) is 15.6 Å². The molecule has 11 heteroatoms. The summed E-state index contributed by atoms with van der Waals surface area (Å²) in [5.74, 6) is -0.314. The minimum atomic E-state index is -1.62. The van der Waals surface area contributed by atoms with E-state index in [9.17, 15) is 14.7 Å². The van der Waals surface area contributed by atoms with Gasteiger partial charge in [-0.1, -0.05) is 30.3 Å². The van der Waals surface area contributed by atoms with Crippen LogP contribution in [-0.4, -0.2) is 40.2 Å². The zero-order chi connectivity index (χ0) is 19.3. The first-order valence-electron chi connectivity index (χ1n) is 8.50. The first-order chi connectivity index (χ1) is 13.1. The number of benzene rings is 1. The summed E-state index contributed by atoms with van der Waals surface area (Å²) < 4.78 is 0. The van der Waals surface area contributed by atoms with Crippen molar-refractivity contribution in [2.75, 3.05) is 5.75 Å². The summed E-state index contributed by atoms with van der Waals surface area (Å²) in [6.07, 6.45) is 1.49. The Hall–Kier alpha value is -2.78. The summed E-state index contributed by atoms with van der Waals surface area (Å²) in [6.45, 7) is 0. The Bertz CT molecular complexity index is 783. The molecule has 27 heavy (non-hydrogen) atoms. The maximum atomic E-state index is 12.1. The summed E-state index contributed by atoms with van der Waals surface area (Å²) in [5.41, 5.74) is 7.27. The number of hydrogen-bond acceptors (Lipinski definition) is 4. The molecule has 0 saturated carbocycles. The smallest absolute Gasteiger partial charge is 0.340 e. The average molecular weight is 389 g/mol. The van der Waals surface area contributed by atoms with E-state index in [4.69, 9.17) is 5.53 Å². The van der Waals surface area contributed by atoms with Crippen molar-refractivity contribution in [3.05, 3.63) is 46.3 Å². The number of fused-ring (bicyclic) bond motifs is 1. The standard InChI is InChI=1S/C16H19N7O3S/c17-21-23-22-20-16(14(24)25,10-5-2-1-3-6-10)8-4-7-12-13-11(9-27-12)18-15(26)19-13/h1-3,5-6,11-13H,4,7-9H2,(H,24,25)(H2,18,19,26)/t11-,12-,13-,16?/m0/s1. The largest absolute Gasteiger partial charge is 0.479 e. The second-order valence-corrected chi connectivity index (χ2v) is 7.69. The number of nitrogens with one attached hydrogen (secondary N) is 2. The van der Waals surface area contributed by atoms with Gasteiger partial charge in [0.25, 0.3) is 0 Å². The van der Waals surface area contributed by atoms with Crippen molar-refractivity contribution in [2.45, 2.75) is 42.1 Å². The van der Waals surface area contributed by atoms with Crippen LogP contribution in [0.25, 0.3) is 10.4 Å². The van der Waals surface area contributed by atoms with Crippen LogP contribution >= 0.6 is 11.8 Å². The number of carboxylic acids is 1. The highest BCUT2D eigenvalue weighted by atomic mass is 32.2. The van der Waals surface area contributed by atoms with Gasteiger partial charge in [0.1, 0.15) is 0 Å². The number of aliphatic carboxylic acids is 1. The van der Waals surface area contributed by atoms with E-state index in [0.29, 0.717) is 12.0 Å². The van der Waals surface area contributed by atoms with Crippen LogP contribution < -0.4 is 10.6 Å². The zero-order valence-corrected chi connectivity index (χ0v) is 15.2. The van der Waals surface area contributed by atoms with Crippen molar-refractivity contribution in [1.82, 2.24) is 10.6 Å². The van der Waals surface area contributed by atoms with E-state index in [1.807, 2.05) is 0 Å². The monoisotopic (exact) mass is 389 g/mol. The summed E-state index contributed by atoms with van der Waals surface area (Å²) in [5, 5.41) is 26.2. The van der Waals surface area contributed by atoms with E-state index >= 15 is 0 Å². The van der Waals surface area contributed by atoms with Crippen LogP contribution in [-0.2, 0) is 10.3 Å². The highest BCUT2D eigenvalue weighted by molar-refractivity contribution is 8.00. The molecule has 1 unspecified atom stereocenters. The van der Waals surface area contributed by atoms with Gasteiger partial charge in [0.15, 0.2) is 0 Å². The van der Waals surface area contributed by atoms with Crippen LogP contribution in [0.2, 0.25) is 0 Å². The number of thioether (sulfide) groups is 1. The Kier molecular flexibility index (Phi) is 5.82. The molecule has 3 rings (SSSR count). The number of azide groups is 1. The molecule has 4 atom stereocenters. The molecular weight excluding hydrogens is 370 g/mol. The third kappa shape index (κ3) is 3.99. The van der Waals surface area contributed by atoms with Gasteiger partial charge < -0.3 is 15.7 Å². The maximum absolute atomic E-state index is 12.1. The van der Waals surface area contributed by atoms with E-state index in [2.05, 4.69) is 31.1 Å². The molecule has 2 fully saturated rings. The van der Waals surface area contributed by atoms with Gasteiger partial charge in [0.2, 0.25) is 5.54 Å². The molecule has 10 nitrogen and oxygen atoms in total. The Morgan fingerprint density at radius 1 is 1.37 bits per heavy atom. The molecule has 1 aromatic carbocycles. The minimum absolute atomic E-state index is 0.0586. The molecule has 2 aliphatic heterocycles. The Morgan fingerprint density at radius 2 is 2.15 bits per heavy atom.